The molecular weight excluding hydrogens is 306 g/mol. The average Bonchev–Trinajstić information content (AvgIpc) is 3.23. The van der Waals surface area contributed by atoms with Crippen molar-refractivity contribution in [1.82, 2.24) is 25.7 Å². The SMILES string of the molecule is Cc1noc(C)c1CCCNC(=O)c1ccc(-c2ccn[nH]2)nc1. The number of carbonyl (C=O) groups excluding carboxylic acids is 1. The minimum absolute atomic E-state index is 0.127. The Kier molecular flexibility index (Phi) is 4.69. The number of aromatic nitrogens is 4. The van der Waals surface area contributed by atoms with Gasteiger partial charge in [-0.15, -0.1) is 0 Å². The van der Waals surface area contributed by atoms with E-state index in [1.54, 1.807) is 24.5 Å². The van der Waals surface area contributed by atoms with E-state index in [9.17, 15) is 4.79 Å². The molecule has 3 aromatic heterocycles. The van der Waals surface area contributed by atoms with Gasteiger partial charge in [0.05, 0.1) is 22.6 Å². The smallest absolute Gasteiger partial charge is 0.252 e. The molecule has 0 atom stereocenters. The molecule has 0 radical (unpaired) electrons. The first-order valence-corrected chi connectivity index (χ1v) is 7.81. The lowest BCUT2D eigenvalue weighted by molar-refractivity contribution is 0.0953. The lowest BCUT2D eigenvalue weighted by Crippen LogP contribution is -2.25. The fraction of sp³-hybridized carbons (Fsp3) is 0.294. The number of hydrogen-bond donors (Lipinski definition) is 2. The molecule has 3 aromatic rings. The molecule has 3 rings (SSSR count). The molecule has 2 N–H and O–H groups in total. The number of hydrogen-bond acceptors (Lipinski definition) is 5. The summed E-state index contributed by atoms with van der Waals surface area (Å²) in [7, 11) is 0. The maximum Gasteiger partial charge on any atom is 0.252 e. The van der Waals surface area contributed by atoms with Gasteiger partial charge in [-0.2, -0.15) is 5.10 Å². The van der Waals surface area contributed by atoms with Gasteiger partial charge < -0.3 is 9.84 Å². The highest BCUT2D eigenvalue weighted by Crippen LogP contribution is 2.14. The van der Waals surface area contributed by atoms with Gasteiger partial charge in [-0.1, -0.05) is 5.16 Å². The number of pyridine rings is 1. The van der Waals surface area contributed by atoms with Crippen LogP contribution in [0.15, 0.2) is 35.1 Å². The van der Waals surface area contributed by atoms with Gasteiger partial charge in [0, 0.05) is 24.5 Å². The van der Waals surface area contributed by atoms with E-state index in [-0.39, 0.29) is 5.91 Å². The van der Waals surface area contributed by atoms with Gasteiger partial charge in [-0.3, -0.25) is 14.9 Å². The second-order valence-corrected chi connectivity index (χ2v) is 5.56. The van der Waals surface area contributed by atoms with Crippen molar-refractivity contribution >= 4 is 5.91 Å². The molecule has 0 aliphatic heterocycles. The number of carbonyl (C=O) groups is 1. The van der Waals surface area contributed by atoms with Gasteiger partial charge >= 0.3 is 0 Å². The van der Waals surface area contributed by atoms with Crippen LogP contribution in [0, 0.1) is 13.8 Å². The van der Waals surface area contributed by atoms with Crippen LogP contribution in [0.2, 0.25) is 0 Å². The second-order valence-electron chi connectivity index (χ2n) is 5.56. The Morgan fingerprint density at radius 3 is 2.79 bits per heavy atom. The molecule has 1 amide bonds. The van der Waals surface area contributed by atoms with E-state index in [0.29, 0.717) is 12.1 Å². The third kappa shape index (κ3) is 3.51. The first kappa shape index (κ1) is 15.9. The fourth-order valence-corrected chi connectivity index (χ4v) is 2.51. The van der Waals surface area contributed by atoms with E-state index in [0.717, 1.165) is 41.2 Å². The highest BCUT2D eigenvalue weighted by Gasteiger charge is 2.10. The standard InChI is InChI=1S/C17H19N5O2/c1-11-14(12(2)24-22-11)4-3-8-18-17(23)13-5-6-15(19-10-13)16-7-9-20-21-16/h5-7,9-10H,3-4,8H2,1-2H3,(H,18,23)(H,20,21). The van der Waals surface area contributed by atoms with Gasteiger partial charge in [0.15, 0.2) is 0 Å². The van der Waals surface area contributed by atoms with Crippen LogP contribution in [0.3, 0.4) is 0 Å². The van der Waals surface area contributed by atoms with Gasteiger partial charge in [0.25, 0.3) is 5.91 Å². The third-order valence-corrected chi connectivity index (χ3v) is 3.87. The van der Waals surface area contributed by atoms with E-state index >= 15 is 0 Å². The van der Waals surface area contributed by atoms with Crippen LogP contribution in [0.1, 0.15) is 33.8 Å². The first-order valence-electron chi connectivity index (χ1n) is 7.81. The van der Waals surface area contributed by atoms with E-state index in [1.807, 2.05) is 19.9 Å². The Balaban J connectivity index is 1.50. The average molecular weight is 325 g/mol. The summed E-state index contributed by atoms with van der Waals surface area (Å²) in [6.45, 7) is 4.42. The molecule has 0 unspecified atom stereocenters. The molecule has 0 spiro atoms. The summed E-state index contributed by atoms with van der Waals surface area (Å²) in [5.41, 5.74) is 4.15. The highest BCUT2D eigenvalue weighted by molar-refractivity contribution is 5.94. The van der Waals surface area contributed by atoms with Gasteiger partial charge in [0.2, 0.25) is 0 Å². The molecule has 0 saturated heterocycles. The molecule has 0 fully saturated rings. The minimum atomic E-state index is -0.127. The fourth-order valence-electron chi connectivity index (χ4n) is 2.51. The van der Waals surface area contributed by atoms with E-state index in [1.165, 1.54) is 0 Å². The molecule has 0 aliphatic carbocycles. The maximum absolute atomic E-state index is 12.1. The summed E-state index contributed by atoms with van der Waals surface area (Å²) >= 11 is 0. The zero-order valence-corrected chi connectivity index (χ0v) is 13.7. The first-order chi connectivity index (χ1) is 11.6. The minimum Gasteiger partial charge on any atom is -0.361 e. The Labute approximate surface area is 139 Å². The molecule has 0 aliphatic rings. The van der Waals surface area contributed by atoms with Crippen LogP contribution in [-0.2, 0) is 6.42 Å². The van der Waals surface area contributed by atoms with Crippen LogP contribution in [-0.4, -0.2) is 32.8 Å². The third-order valence-electron chi connectivity index (χ3n) is 3.87. The van der Waals surface area contributed by atoms with Crippen molar-refractivity contribution in [2.75, 3.05) is 6.54 Å². The molecular formula is C17H19N5O2. The molecule has 0 aromatic carbocycles. The van der Waals surface area contributed by atoms with Crippen molar-refractivity contribution in [2.24, 2.45) is 0 Å². The van der Waals surface area contributed by atoms with Crippen molar-refractivity contribution in [3.63, 3.8) is 0 Å². The zero-order valence-electron chi connectivity index (χ0n) is 13.7. The number of amides is 1. The lowest BCUT2D eigenvalue weighted by Gasteiger charge is -2.05. The monoisotopic (exact) mass is 325 g/mol. The van der Waals surface area contributed by atoms with Crippen LogP contribution >= 0.6 is 0 Å². The van der Waals surface area contributed by atoms with Crippen molar-refractivity contribution < 1.29 is 9.32 Å². The van der Waals surface area contributed by atoms with Crippen molar-refractivity contribution in [3.05, 3.63) is 53.2 Å². The van der Waals surface area contributed by atoms with E-state index < -0.39 is 0 Å². The Morgan fingerprint density at radius 1 is 1.29 bits per heavy atom. The molecule has 124 valence electrons. The van der Waals surface area contributed by atoms with E-state index in [2.05, 4.69) is 25.7 Å². The molecule has 3 heterocycles. The summed E-state index contributed by atoms with van der Waals surface area (Å²) in [6, 6.07) is 5.38. The maximum atomic E-state index is 12.1. The van der Waals surface area contributed by atoms with Gasteiger partial charge in [-0.05, 0) is 44.9 Å². The zero-order chi connectivity index (χ0) is 16.9. The van der Waals surface area contributed by atoms with E-state index in [4.69, 9.17) is 4.52 Å². The summed E-state index contributed by atoms with van der Waals surface area (Å²) in [5.74, 6) is 0.717. The predicted octanol–water partition coefficient (Wildman–Crippen LogP) is 2.44. The Morgan fingerprint density at radius 2 is 2.17 bits per heavy atom. The molecule has 0 saturated carbocycles. The van der Waals surface area contributed by atoms with Gasteiger partial charge in [0.1, 0.15) is 5.76 Å². The van der Waals surface area contributed by atoms with Crippen LogP contribution in [0.5, 0.6) is 0 Å². The van der Waals surface area contributed by atoms with Crippen molar-refractivity contribution in [2.45, 2.75) is 26.7 Å². The number of nitrogens with zero attached hydrogens (tertiary/aromatic N) is 3. The van der Waals surface area contributed by atoms with Crippen LogP contribution in [0.4, 0.5) is 0 Å². The summed E-state index contributed by atoms with van der Waals surface area (Å²) in [4.78, 5) is 16.4. The van der Waals surface area contributed by atoms with Crippen LogP contribution < -0.4 is 5.32 Å². The van der Waals surface area contributed by atoms with Crippen molar-refractivity contribution in [1.29, 1.82) is 0 Å². The topological polar surface area (TPSA) is 96.7 Å². The molecule has 7 nitrogen and oxygen atoms in total. The van der Waals surface area contributed by atoms with Crippen molar-refractivity contribution in [3.8, 4) is 11.4 Å². The number of aryl methyl sites for hydroxylation is 2. The number of H-pyrrole nitrogens is 1. The Bertz CT molecular complexity index is 787. The normalized spacial score (nSPS) is 10.8. The quantitative estimate of drug-likeness (QED) is 0.679. The molecule has 24 heavy (non-hydrogen) atoms. The summed E-state index contributed by atoms with van der Waals surface area (Å²) in [6.07, 6.45) is 4.89. The summed E-state index contributed by atoms with van der Waals surface area (Å²) < 4.78 is 5.13. The predicted molar refractivity (Wildman–Crippen MR) is 88.4 cm³/mol. The van der Waals surface area contributed by atoms with Gasteiger partial charge in [-0.25, -0.2) is 0 Å². The summed E-state index contributed by atoms with van der Waals surface area (Å²) in [5, 5.41) is 13.6. The number of rotatable bonds is 6. The Hall–Kier alpha value is -2.96. The van der Waals surface area contributed by atoms with Crippen LogP contribution in [0.25, 0.3) is 11.4 Å². The molecule has 0 bridgehead atoms. The molecule has 7 heteroatoms. The second kappa shape index (κ2) is 7.08. The number of aromatic amines is 1. The number of nitrogens with one attached hydrogen (secondary N) is 2. The highest BCUT2D eigenvalue weighted by atomic mass is 16.5. The lowest BCUT2D eigenvalue weighted by atomic mass is 10.1. The largest absolute Gasteiger partial charge is 0.361 e.